The molecule has 1 aromatic carbocycles. The molecule has 2 aromatic rings. The molecule has 1 radical (unpaired) electrons. The molecule has 0 atom stereocenters. The van der Waals surface area contributed by atoms with Gasteiger partial charge in [-0.15, -0.1) is 24.3 Å². The van der Waals surface area contributed by atoms with Gasteiger partial charge in [0.25, 0.3) is 0 Å². The van der Waals surface area contributed by atoms with Crippen LogP contribution in [0, 0.1) is 19.9 Å². The van der Waals surface area contributed by atoms with Crippen molar-refractivity contribution in [3.63, 3.8) is 0 Å². The Labute approximate surface area is 122 Å². The maximum atomic E-state index is 6.17. The second-order valence-electron chi connectivity index (χ2n) is 4.90. The second kappa shape index (κ2) is 4.33. The maximum absolute atomic E-state index is 6.17. The normalized spacial score (nSPS) is 15.1. The van der Waals surface area contributed by atoms with E-state index in [2.05, 4.69) is 35.3 Å². The Balaban J connectivity index is 0.00000120. The van der Waals surface area contributed by atoms with E-state index < -0.39 is 8.48 Å². The first-order chi connectivity index (χ1) is 8.00. The molecule has 0 unspecified atom stereocenters. The smallest absolute Gasteiger partial charge is 0.341 e. The van der Waals surface area contributed by atoms with Gasteiger partial charge in [-0.3, -0.25) is 4.98 Å². The maximum Gasteiger partial charge on any atom is 0.341 e. The first-order valence-electron chi connectivity index (χ1n) is 5.77. The standard InChI is InChI=1S/C13H15N2OSi.Ir/c1-9-10(2)15-13(14-9)11-7-5-6-8-12(11)16-17(15,3)4;/h5-6,8H,1-4H3;/q-1;. The molecule has 1 aliphatic rings. The molecule has 5 heteroatoms. The number of rotatable bonds is 0. The Morgan fingerprint density at radius 1 is 1.33 bits per heavy atom. The molecule has 0 aliphatic carbocycles. The van der Waals surface area contributed by atoms with Crippen LogP contribution in [0.2, 0.25) is 13.1 Å². The number of fused-ring (bicyclic) bond motifs is 3. The number of benzene rings is 1. The summed E-state index contributed by atoms with van der Waals surface area (Å²) in [6.07, 6.45) is 0. The van der Waals surface area contributed by atoms with E-state index in [-0.39, 0.29) is 20.1 Å². The van der Waals surface area contributed by atoms with Crippen LogP contribution < -0.4 is 4.43 Å². The quantitative estimate of drug-likeness (QED) is 0.470. The van der Waals surface area contributed by atoms with E-state index in [1.165, 1.54) is 5.69 Å². The SMILES string of the molecule is Cc1nc2n(c1C)[Si](C)(C)Oc1ccc[c-]c1-2.[Ir]. The molecule has 0 saturated heterocycles. The molecule has 3 rings (SSSR count). The van der Waals surface area contributed by atoms with Crippen molar-refractivity contribution >= 4 is 8.48 Å². The van der Waals surface area contributed by atoms with Gasteiger partial charge >= 0.3 is 8.48 Å². The Morgan fingerprint density at radius 2 is 2.06 bits per heavy atom. The van der Waals surface area contributed by atoms with Gasteiger partial charge in [-0.1, -0.05) is 5.56 Å². The van der Waals surface area contributed by atoms with Gasteiger partial charge < -0.3 is 8.66 Å². The van der Waals surface area contributed by atoms with Crippen molar-refractivity contribution in [2.45, 2.75) is 26.9 Å². The van der Waals surface area contributed by atoms with Crippen molar-refractivity contribution in [3.8, 4) is 17.1 Å². The first-order valence-corrected chi connectivity index (χ1v) is 8.63. The zero-order valence-corrected chi connectivity index (χ0v) is 14.3. The molecule has 0 bridgehead atoms. The fraction of sp³-hybridized carbons (Fsp3) is 0.308. The summed E-state index contributed by atoms with van der Waals surface area (Å²) in [4.78, 5) is 4.67. The van der Waals surface area contributed by atoms with Crippen molar-refractivity contribution in [1.29, 1.82) is 0 Å². The zero-order chi connectivity index (χ0) is 12.2. The van der Waals surface area contributed by atoms with Crippen LogP contribution in [0.5, 0.6) is 5.75 Å². The predicted octanol–water partition coefficient (Wildman–Crippen LogP) is 2.91. The van der Waals surface area contributed by atoms with E-state index in [1.807, 2.05) is 25.1 Å². The average molecular weight is 436 g/mol. The third kappa shape index (κ3) is 1.78. The number of nitrogens with zero attached hydrogens (tertiary/aromatic N) is 2. The Morgan fingerprint density at radius 3 is 2.78 bits per heavy atom. The van der Waals surface area contributed by atoms with Gasteiger partial charge in [-0.2, -0.15) is 0 Å². The van der Waals surface area contributed by atoms with E-state index in [9.17, 15) is 0 Å². The van der Waals surface area contributed by atoms with Crippen molar-refractivity contribution in [2.24, 2.45) is 0 Å². The molecule has 1 aliphatic heterocycles. The molecule has 0 saturated carbocycles. The molecule has 0 fully saturated rings. The summed E-state index contributed by atoms with van der Waals surface area (Å²) < 4.78 is 8.45. The van der Waals surface area contributed by atoms with Crippen LogP contribution >= 0.6 is 0 Å². The number of aryl methyl sites for hydroxylation is 1. The van der Waals surface area contributed by atoms with E-state index in [0.29, 0.717) is 0 Å². The molecule has 3 nitrogen and oxygen atoms in total. The monoisotopic (exact) mass is 436 g/mol. The number of hydrogen-bond acceptors (Lipinski definition) is 2. The molecular weight excluding hydrogens is 420 g/mol. The van der Waals surface area contributed by atoms with Crippen LogP contribution in [0.15, 0.2) is 18.2 Å². The minimum atomic E-state index is -1.95. The minimum Gasteiger partial charge on any atom is -0.573 e. The average Bonchev–Trinajstić information content (AvgIpc) is 2.56. The summed E-state index contributed by atoms with van der Waals surface area (Å²) in [6.45, 7) is 8.55. The molecule has 18 heavy (non-hydrogen) atoms. The molecule has 2 heterocycles. The Kier molecular flexibility index (Phi) is 3.26. The van der Waals surface area contributed by atoms with Crippen LogP contribution in [-0.2, 0) is 20.1 Å². The number of aromatic nitrogens is 2. The van der Waals surface area contributed by atoms with E-state index in [1.54, 1.807) is 0 Å². The van der Waals surface area contributed by atoms with Crippen LogP contribution in [0.25, 0.3) is 11.4 Å². The van der Waals surface area contributed by atoms with E-state index >= 15 is 0 Å². The summed E-state index contributed by atoms with van der Waals surface area (Å²) in [6, 6.07) is 9.11. The molecule has 1 aromatic heterocycles. The molecular formula is C13H15IrN2OSi-. The van der Waals surface area contributed by atoms with Crippen molar-refractivity contribution in [3.05, 3.63) is 35.7 Å². The van der Waals surface area contributed by atoms with Gasteiger partial charge in [0, 0.05) is 37.2 Å². The van der Waals surface area contributed by atoms with Gasteiger partial charge in [0.05, 0.1) is 5.82 Å². The van der Waals surface area contributed by atoms with Gasteiger partial charge in [-0.25, -0.2) is 0 Å². The molecule has 0 amide bonds. The first kappa shape index (κ1) is 13.5. The summed E-state index contributed by atoms with van der Waals surface area (Å²) in [7, 11) is -1.95. The third-order valence-electron chi connectivity index (χ3n) is 3.28. The summed E-state index contributed by atoms with van der Waals surface area (Å²) in [5.41, 5.74) is 3.27. The van der Waals surface area contributed by atoms with E-state index in [4.69, 9.17) is 4.43 Å². The number of imidazole rings is 1. The van der Waals surface area contributed by atoms with Crippen molar-refractivity contribution in [1.82, 2.24) is 9.22 Å². The zero-order valence-electron chi connectivity index (χ0n) is 10.9. The molecule has 0 spiro atoms. The second-order valence-corrected chi connectivity index (χ2v) is 8.44. The summed E-state index contributed by atoms with van der Waals surface area (Å²) >= 11 is 0. The molecule has 0 N–H and O–H groups in total. The molecule has 97 valence electrons. The fourth-order valence-corrected chi connectivity index (χ4v) is 4.87. The van der Waals surface area contributed by atoms with E-state index in [0.717, 1.165) is 22.8 Å². The fourth-order valence-electron chi connectivity index (χ4n) is 2.43. The third-order valence-corrected chi connectivity index (χ3v) is 5.63. The van der Waals surface area contributed by atoms with Crippen LogP contribution in [0.4, 0.5) is 0 Å². The van der Waals surface area contributed by atoms with Crippen LogP contribution in [0.3, 0.4) is 0 Å². The summed E-state index contributed by atoms with van der Waals surface area (Å²) in [5.74, 6) is 1.93. The Bertz CT molecular complexity index is 607. The Hall–Kier alpha value is -0.904. The van der Waals surface area contributed by atoms with Crippen molar-refractivity contribution < 1.29 is 24.5 Å². The van der Waals surface area contributed by atoms with Gasteiger partial charge in [0.1, 0.15) is 0 Å². The van der Waals surface area contributed by atoms with Gasteiger partial charge in [0.15, 0.2) is 0 Å². The largest absolute Gasteiger partial charge is 0.573 e. The topological polar surface area (TPSA) is 27.1 Å². The minimum absolute atomic E-state index is 0. The van der Waals surface area contributed by atoms with Gasteiger partial charge in [0.2, 0.25) is 0 Å². The van der Waals surface area contributed by atoms with Crippen molar-refractivity contribution in [2.75, 3.05) is 0 Å². The van der Waals surface area contributed by atoms with Crippen LogP contribution in [0.1, 0.15) is 11.4 Å². The predicted molar refractivity (Wildman–Crippen MR) is 69.5 cm³/mol. The van der Waals surface area contributed by atoms with Crippen LogP contribution in [-0.4, -0.2) is 17.7 Å². The summed E-state index contributed by atoms with van der Waals surface area (Å²) in [5, 5.41) is 0. The van der Waals surface area contributed by atoms with Gasteiger partial charge in [-0.05, 0) is 26.9 Å². The number of hydrogen-bond donors (Lipinski definition) is 0.